The number of benzene rings is 2. The highest BCUT2D eigenvalue weighted by atomic mass is 16.5. The van der Waals surface area contributed by atoms with Crippen LogP contribution in [0.2, 0.25) is 0 Å². The molecule has 0 bridgehead atoms. The second-order valence-electron chi connectivity index (χ2n) is 5.57. The Morgan fingerprint density at radius 3 is 2.33 bits per heavy atom. The van der Waals surface area contributed by atoms with Crippen molar-refractivity contribution in [1.29, 1.82) is 0 Å². The highest BCUT2D eigenvalue weighted by molar-refractivity contribution is 5.49. The van der Waals surface area contributed by atoms with Crippen LogP contribution in [0.4, 0.5) is 5.69 Å². The van der Waals surface area contributed by atoms with Crippen LogP contribution in [0.15, 0.2) is 48.5 Å². The maximum atomic E-state index is 10.4. The van der Waals surface area contributed by atoms with E-state index in [1.807, 2.05) is 81.4 Å². The van der Waals surface area contributed by atoms with Gasteiger partial charge in [0.05, 0.1) is 0 Å². The Morgan fingerprint density at radius 2 is 1.71 bits per heavy atom. The molecule has 2 rings (SSSR count). The lowest BCUT2D eigenvalue weighted by Crippen LogP contribution is -2.22. The van der Waals surface area contributed by atoms with Gasteiger partial charge in [-0.3, -0.25) is 0 Å². The fourth-order valence-corrected chi connectivity index (χ4v) is 2.15. The van der Waals surface area contributed by atoms with Crippen molar-refractivity contribution in [3.8, 4) is 5.75 Å². The molecule has 3 nitrogen and oxygen atoms in total. The first-order valence-electron chi connectivity index (χ1n) is 7.16. The lowest BCUT2D eigenvalue weighted by molar-refractivity contribution is 0.0468. The Morgan fingerprint density at radius 1 is 1.05 bits per heavy atom. The third kappa shape index (κ3) is 3.99. The molecule has 0 saturated heterocycles. The summed E-state index contributed by atoms with van der Waals surface area (Å²) in [6, 6.07) is 15.7. The minimum atomic E-state index is -0.645. The van der Waals surface area contributed by atoms with E-state index in [0.29, 0.717) is 0 Å². The van der Waals surface area contributed by atoms with Gasteiger partial charge in [-0.1, -0.05) is 35.9 Å². The molecule has 2 atom stereocenters. The number of aliphatic hydroxyl groups is 1. The van der Waals surface area contributed by atoms with Crippen LogP contribution >= 0.6 is 0 Å². The Bertz CT molecular complexity index is 578. The van der Waals surface area contributed by atoms with E-state index in [0.717, 1.165) is 17.0 Å². The van der Waals surface area contributed by atoms with Crippen molar-refractivity contribution in [1.82, 2.24) is 0 Å². The molecular formula is C18H23NO2. The minimum absolute atomic E-state index is 0.315. The lowest BCUT2D eigenvalue weighted by atomic mass is 10.0. The average molecular weight is 285 g/mol. The molecule has 0 amide bonds. The zero-order valence-electron chi connectivity index (χ0n) is 13.1. The molecule has 3 heteroatoms. The molecule has 0 saturated carbocycles. The summed E-state index contributed by atoms with van der Waals surface area (Å²) in [4.78, 5) is 2.02. The van der Waals surface area contributed by atoms with Crippen molar-refractivity contribution in [2.45, 2.75) is 26.1 Å². The van der Waals surface area contributed by atoms with Crippen LogP contribution in [0.25, 0.3) is 0 Å². The van der Waals surface area contributed by atoms with Gasteiger partial charge >= 0.3 is 0 Å². The molecule has 0 heterocycles. The maximum Gasteiger partial charge on any atom is 0.126 e. The van der Waals surface area contributed by atoms with Gasteiger partial charge in [0.1, 0.15) is 18.0 Å². The van der Waals surface area contributed by atoms with E-state index in [1.165, 1.54) is 5.56 Å². The molecular weight excluding hydrogens is 262 g/mol. The molecule has 0 fully saturated rings. The maximum absolute atomic E-state index is 10.4. The zero-order chi connectivity index (χ0) is 15.4. The Balaban J connectivity index is 2.08. The van der Waals surface area contributed by atoms with Crippen LogP contribution in [0.1, 0.15) is 24.2 Å². The van der Waals surface area contributed by atoms with E-state index in [9.17, 15) is 5.11 Å². The summed E-state index contributed by atoms with van der Waals surface area (Å²) < 4.78 is 5.87. The SMILES string of the molecule is Cc1ccc(C(O)C(C)Oc2cccc(N(C)C)c2)cc1. The van der Waals surface area contributed by atoms with E-state index in [-0.39, 0.29) is 6.10 Å². The van der Waals surface area contributed by atoms with Crippen LogP contribution in [-0.4, -0.2) is 25.3 Å². The van der Waals surface area contributed by atoms with Crippen molar-refractivity contribution in [3.63, 3.8) is 0 Å². The standard InChI is InChI=1S/C18H23NO2/c1-13-8-10-15(11-9-13)18(20)14(2)21-17-7-5-6-16(12-17)19(3)4/h5-12,14,18,20H,1-4H3. The molecule has 0 aliphatic heterocycles. The van der Waals surface area contributed by atoms with Crippen molar-refractivity contribution in [2.24, 2.45) is 0 Å². The fraction of sp³-hybridized carbons (Fsp3) is 0.333. The number of aliphatic hydroxyl groups excluding tert-OH is 1. The monoisotopic (exact) mass is 285 g/mol. The Kier molecular flexibility index (Phi) is 4.86. The van der Waals surface area contributed by atoms with Crippen LogP contribution < -0.4 is 9.64 Å². The van der Waals surface area contributed by atoms with Crippen molar-refractivity contribution >= 4 is 5.69 Å². The number of hydrogen-bond donors (Lipinski definition) is 1. The quantitative estimate of drug-likeness (QED) is 0.911. The highest BCUT2D eigenvalue weighted by Crippen LogP contribution is 2.25. The molecule has 2 unspecified atom stereocenters. The van der Waals surface area contributed by atoms with E-state index >= 15 is 0 Å². The number of nitrogens with zero attached hydrogens (tertiary/aromatic N) is 1. The normalized spacial score (nSPS) is 13.6. The smallest absolute Gasteiger partial charge is 0.126 e. The lowest BCUT2D eigenvalue weighted by Gasteiger charge is -2.22. The van der Waals surface area contributed by atoms with Gasteiger partial charge in [0.15, 0.2) is 0 Å². The molecule has 1 N–H and O–H groups in total. The van der Waals surface area contributed by atoms with Crippen LogP contribution in [-0.2, 0) is 0 Å². The molecule has 2 aromatic rings. The Labute approximate surface area is 126 Å². The highest BCUT2D eigenvalue weighted by Gasteiger charge is 2.18. The van der Waals surface area contributed by atoms with Gasteiger partial charge in [0.2, 0.25) is 0 Å². The molecule has 21 heavy (non-hydrogen) atoms. The number of aryl methyl sites for hydroxylation is 1. The Hall–Kier alpha value is -2.00. The second-order valence-corrected chi connectivity index (χ2v) is 5.57. The summed E-state index contributed by atoms with van der Waals surface area (Å²) in [6.07, 6.45) is -0.960. The predicted octanol–water partition coefficient (Wildman–Crippen LogP) is 3.56. The summed E-state index contributed by atoms with van der Waals surface area (Å²) in [6.45, 7) is 3.91. The zero-order valence-corrected chi connectivity index (χ0v) is 13.1. The molecule has 0 aromatic heterocycles. The van der Waals surface area contributed by atoms with E-state index < -0.39 is 6.10 Å². The van der Waals surface area contributed by atoms with Gasteiger partial charge in [-0.2, -0.15) is 0 Å². The van der Waals surface area contributed by atoms with Crippen LogP contribution in [0.3, 0.4) is 0 Å². The van der Waals surface area contributed by atoms with Crippen molar-refractivity contribution in [2.75, 3.05) is 19.0 Å². The molecule has 0 aliphatic carbocycles. The second kappa shape index (κ2) is 6.64. The third-order valence-corrected chi connectivity index (χ3v) is 3.52. The number of ether oxygens (including phenoxy) is 1. The summed E-state index contributed by atoms with van der Waals surface area (Å²) in [7, 11) is 3.98. The van der Waals surface area contributed by atoms with Gasteiger partial charge in [-0.15, -0.1) is 0 Å². The van der Waals surface area contributed by atoms with Crippen molar-refractivity contribution in [3.05, 3.63) is 59.7 Å². The van der Waals surface area contributed by atoms with Crippen LogP contribution in [0.5, 0.6) is 5.75 Å². The van der Waals surface area contributed by atoms with Gasteiger partial charge in [0, 0.05) is 25.8 Å². The molecule has 0 aliphatic rings. The average Bonchev–Trinajstić information content (AvgIpc) is 2.47. The van der Waals surface area contributed by atoms with Crippen LogP contribution in [0, 0.1) is 6.92 Å². The molecule has 112 valence electrons. The van der Waals surface area contributed by atoms with Gasteiger partial charge in [0.25, 0.3) is 0 Å². The topological polar surface area (TPSA) is 32.7 Å². The number of rotatable bonds is 5. The van der Waals surface area contributed by atoms with E-state index in [2.05, 4.69) is 0 Å². The van der Waals surface area contributed by atoms with Crippen molar-refractivity contribution < 1.29 is 9.84 Å². The summed E-state index contributed by atoms with van der Waals surface area (Å²) >= 11 is 0. The number of hydrogen-bond acceptors (Lipinski definition) is 3. The van der Waals surface area contributed by atoms with Gasteiger partial charge in [-0.25, -0.2) is 0 Å². The summed E-state index contributed by atoms with van der Waals surface area (Å²) in [5.41, 5.74) is 3.12. The predicted molar refractivity (Wildman–Crippen MR) is 87.0 cm³/mol. The first kappa shape index (κ1) is 15.4. The minimum Gasteiger partial charge on any atom is -0.488 e. The first-order chi connectivity index (χ1) is 9.97. The third-order valence-electron chi connectivity index (χ3n) is 3.52. The summed E-state index contributed by atoms with van der Waals surface area (Å²) in [5, 5.41) is 10.4. The van der Waals surface area contributed by atoms with Gasteiger partial charge < -0.3 is 14.7 Å². The molecule has 2 aromatic carbocycles. The van der Waals surface area contributed by atoms with Gasteiger partial charge in [-0.05, 0) is 31.5 Å². The summed E-state index contributed by atoms with van der Waals surface area (Å²) in [5.74, 6) is 0.764. The molecule has 0 radical (unpaired) electrons. The molecule has 0 spiro atoms. The van der Waals surface area contributed by atoms with E-state index in [4.69, 9.17) is 4.74 Å². The van der Waals surface area contributed by atoms with E-state index in [1.54, 1.807) is 0 Å². The number of anilines is 1. The first-order valence-corrected chi connectivity index (χ1v) is 7.16. The largest absolute Gasteiger partial charge is 0.488 e. The fourth-order valence-electron chi connectivity index (χ4n) is 2.15.